The number of amides is 1. The maximum atomic E-state index is 12.3. The molecule has 1 atom stereocenters. The van der Waals surface area contributed by atoms with Crippen molar-refractivity contribution >= 4 is 11.9 Å². The fourth-order valence-electron chi connectivity index (χ4n) is 1.83. The molecule has 4 heteroatoms. The van der Waals surface area contributed by atoms with E-state index >= 15 is 0 Å². The predicted octanol–water partition coefficient (Wildman–Crippen LogP) is 2.89. The van der Waals surface area contributed by atoms with E-state index < -0.39 is 5.97 Å². The lowest BCUT2D eigenvalue weighted by Gasteiger charge is -2.24. The SMILES string of the molecule is CCC(C)CN(CC)C(=O)c1cccc(C(=O)O)c1. The monoisotopic (exact) mass is 263 g/mol. The second-order valence-corrected chi connectivity index (χ2v) is 4.74. The highest BCUT2D eigenvalue weighted by molar-refractivity contribution is 5.97. The third-order valence-corrected chi connectivity index (χ3v) is 3.25. The summed E-state index contributed by atoms with van der Waals surface area (Å²) >= 11 is 0. The summed E-state index contributed by atoms with van der Waals surface area (Å²) in [6.45, 7) is 7.45. The first-order valence-electron chi connectivity index (χ1n) is 6.62. The first-order valence-corrected chi connectivity index (χ1v) is 6.62. The van der Waals surface area contributed by atoms with Crippen LogP contribution in [-0.2, 0) is 0 Å². The van der Waals surface area contributed by atoms with Gasteiger partial charge >= 0.3 is 5.97 Å². The highest BCUT2D eigenvalue weighted by Crippen LogP contribution is 2.11. The van der Waals surface area contributed by atoms with Crippen LogP contribution < -0.4 is 0 Å². The summed E-state index contributed by atoms with van der Waals surface area (Å²) in [6, 6.07) is 6.19. The molecule has 0 saturated carbocycles. The molecule has 1 unspecified atom stereocenters. The zero-order chi connectivity index (χ0) is 14.4. The predicted molar refractivity (Wildman–Crippen MR) is 74.4 cm³/mol. The van der Waals surface area contributed by atoms with Gasteiger partial charge in [-0.15, -0.1) is 0 Å². The molecule has 0 saturated heterocycles. The molecular weight excluding hydrogens is 242 g/mol. The van der Waals surface area contributed by atoms with Crippen molar-refractivity contribution in [3.8, 4) is 0 Å². The van der Waals surface area contributed by atoms with E-state index in [4.69, 9.17) is 5.11 Å². The number of carboxylic acid groups (broad SMARTS) is 1. The number of nitrogens with zero attached hydrogens (tertiary/aromatic N) is 1. The van der Waals surface area contributed by atoms with Gasteiger partial charge in [0, 0.05) is 18.7 Å². The Hall–Kier alpha value is -1.84. The lowest BCUT2D eigenvalue weighted by molar-refractivity contribution is 0.0697. The van der Waals surface area contributed by atoms with E-state index in [9.17, 15) is 9.59 Å². The van der Waals surface area contributed by atoms with Gasteiger partial charge in [0.15, 0.2) is 0 Å². The number of hydrogen-bond donors (Lipinski definition) is 1. The van der Waals surface area contributed by atoms with E-state index in [-0.39, 0.29) is 11.5 Å². The van der Waals surface area contributed by atoms with E-state index in [2.05, 4.69) is 13.8 Å². The Morgan fingerprint density at radius 1 is 1.26 bits per heavy atom. The molecule has 4 nitrogen and oxygen atoms in total. The van der Waals surface area contributed by atoms with Crippen LogP contribution in [0, 0.1) is 5.92 Å². The van der Waals surface area contributed by atoms with Gasteiger partial charge in [0.25, 0.3) is 5.91 Å². The minimum Gasteiger partial charge on any atom is -0.478 e. The van der Waals surface area contributed by atoms with Gasteiger partial charge in [0.1, 0.15) is 0 Å². The first-order chi connectivity index (χ1) is 8.99. The summed E-state index contributed by atoms with van der Waals surface area (Å²) in [6.07, 6.45) is 1.01. The van der Waals surface area contributed by atoms with Crippen LogP contribution in [0.3, 0.4) is 0 Å². The first kappa shape index (κ1) is 15.2. The molecular formula is C15H21NO3. The number of aromatic carboxylic acids is 1. The number of carbonyl (C=O) groups is 2. The Labute approximate surface area is 114 Å². The van der Waals surface area contributed by atoms with E-state index in [1.54, 1.807) is 17.0 Å². The lowest BCUT2D eigenvalue weighted by atomic mass is 10.1. The molecule has 0 aliphatic heterocycles. The fraction of sp³-hybridized carbons (Fsp3) is 0.467. The molecule has 0 aliphatic carbocycles. The van der Waals surface area contributed by atoms with E-state index in [0.717, 1.165) is 6.42 Å². The van der Waals surface area contributed by atoms with Crippen LogP contribution in [0.1, 0.15) is 47.9 Å². The van der Waals surface area contributed by atoms with Crippen molar-refractivity contribution in [3.63, 3.8) is 0 Å². The second-order valence-electron chi connectivity index (χ2n) is 4.74. The summed E-state index contributed by atoms with van der Waals surface area (Å²) in [5.74, 6) is -0.683. The van der Waals surface area contributed by atoms with E-state index in [1.807, 2.05) is 6.92 Å². The quantitative estimate of drug-likeness (QED) is 0.858. The number of carboxylic acids is 1. The molecule has 0 bridgehead atoms. The normalized spacial score (nSPS) is 11.9. The molecule has 0 aromatic heterocycles. The van der Waals surface area contributed by atoms with Crippen molar-refractivity contribution in [2.24, 2.45) is 5.92 Å². The molecule has 0 heterocycles. The molecule has 104 valence electrons. The molecule has 1 aromatic rings. The number of hydrogen-bond acceptors (Lipinski definition) is 2. The molecule has 0 spiro atoms. The Balaban J connectivity index is 2.91. The van der Waals surface area contributed by atoms with Crippen LogP contribution in [-0.4, -0.2) is 35.0 Å². The second kappa shape index (κ2) is 6.92. The van der Waals surface area contributed by atoms with Crippen LogP contribution in [0.2, 0.25) is 0 Å². The number of rotatable bonds is 6. The van der Waals surface area contributed by atoms with Gasteiger partial charge in [-0.1, -0.05) is 26.3 Å². The topological polar surface area (TPSA) is 57.6 Å². The van der Waals surface area contributed by atoms with Crippen LogP contribution in [0.15, 0.2) is 24.3 Å². The van der Waals surface area contributed by atoms with Gasteiger partial charge in [-0.2, -0.15) is 0 Å². The smallest absolute Gasteiger partial charge is 0.335 e. The third-order valence-electron chi connectivity index (χ3n) is 3.25. The summed E-state index contributed by atoms with van der Waals surface area (Å²) in [4.78, 5) is 25.0. The molecule has 0 radical (unpaired) electrons. The average Bonchev–Trinajstić information content (AvgIpc) is 2.43. The molecule has 19 heavy (non-hydrogen) atoms. The van der Waals surface area contributed by atoms with E-state index in [1.165, 1.54) is 12.1 Å². The lowest BCUT2D eigenvalue weighted by Crippen LogP contribution is -2.34. The van der Waals surface area contributed by atoms with Crippen molar-refractivity contribution in [2.45, 2.75) is 27.2 Å². The summed E-state index contributed by atoms with van der Waals surface area (Å²) < 4.78 is 0. The Morgan fingerprint density at radius 3 is 2.42 bits per heavy atom. The van der Waals surface area contributed by atoms with Gasteiger partial charge < -0.3 is 10.0 Å². The van der Waals surface area contributed by atoms with Gasteiger partial charge in [-0.3, -0.25) is 4.79 Å². The van der Waals surface area contributed by atoms with Crippen molar-refractivity contribution in [1.82, 2.24) is 4.90 Å². The Morgan fingerprint density at radius 2 is 1.89 bits per heavy atom. The molecule has 1 aromatic carbocycles. The van der Waals surface area contributed by atoms with Gasteiger partial charge in [-0.05, 0) is 31.0 Å². The highest BCUT2D eigenvalue weighted by atomic mass is 16.4. The summed E-state index contributed by atoms with van der Waals surface area (Å²) in [7, 11) is 0. The van der Waals surface area contributed by atoms with Crippen molar-refractivity contribution in [3.05, 3.63) is 35.4 Å². The molecule has 1 rings (SSSR count). The molecule has 1 amide bonds. The van der Waals surface area contributed by atoms with Crippen molar-refractivity contribution in [1.29, 1.82) is 0 Å². The third kappa shape index (κ3) is 4.09. The largest absolute Gasteiger partial charge is 0.478 e. The number of carbonyl (C=O) groups excluding carboxylic acids is 1. The van der Waals surface area contributed by atoms with Crippen LogP contribution in [0.5, 0.6) is 0 Å². The highest BCUT2D eigenvalue weighted by Gasteiger charge is 2.17. The molecule has 0 fully saturated rings. The zero-order valence-corrected chi connectivity index (χ0v) is 11.7. The van der Waals surface area contributed by atoms with Crippen LogP contribution in [0.4, 0.5) is 0 Å². The molecule has 1 N–H and O–H groups in total. The number of benzene rings is 1. The minimum absolute atomic E-state index is 0.106. The Bertz CT molecular complexity index is 456. The maximum absolute atomic E-state index is 12.3. The zero-order valence-electron chi connectivity index (χ0n) is 11.7. The van der Waals surface area contributed by atoms with Gasteiger partial charge in [-0.25, -0.2) is 4.79 Å². The fourth-order valence-corrected chi connectivity index (χ4v) is 1.83. The van der Waals surface area contributed by atoms with Crippen molar-refractivity contribution < 1.29 is 14.7 Å². The summed E-state index contributed by atoms with van der Waals surface area (Å²) in [5.41, 5.74) is 0.579. The van der Waals surface area contributed by atoms with E-state index in [0.29, 0.717) is 24.6 Å². The van der Waals surface area contributed by atoms with Crippen LogP contribution in [0.25, 0.3) is 0 Å². The Kier molecular flexibility index (Phi) is 5.55. The summed E-state index contributed by atoms with van der Waals surface area (Å²) in [5, 5.41) is 8.95. The van der Waals surface area contributed by atoms with Crippen molar-refractivity contribution in [2.75, 3.05) is 13.1 Å². The van der Waals surface area contributed by atoms with Gasteiger partial charge in [0.2, 0.25) is 0 Å². The maximum Gasteiger partial charge on any atom is 0.335 e. The molecule has 0 aliphatic rings. The van der Waals surface area contributed by atoms with Gasteiger partial charge in [0.05, 0.1) is 5.56 Å². The average molecular weight is 263 g/mol. The standard InChI is InChI=1S/C15H21NO3/c1-4-11(3)10-16(5-2)14(17)12-7-6-8-13(9-12)15(18)19/h6-9,11H,4-5,10H2,1-3H3,(H,18,19). The van der Waals surface area contributed by atoms with Crippen LogP contribution >= 0.6 is 0 Å². The minimum atomic E-state index is -1.01.